The number of carboxylic acids is 1. The van der Waals surface area contributed by atoms with E-state index in [1.54, 1.807) is 6.92 Å². The van der Waals surface area contributed by atoms with Gasteiger partial charge >= 0.3 is 5.97 Å². The Morgan fingerprint density at radius 3 is 2.62 bits per heavy atom. The molecular formula is C17H22Cl2N2O4S. The largest absolute Gasteiger partial charge is 0.481 e. The molecule has 0 radical (unpaired) electrons. The van der Waals surface area contributed by atoms with Crippen LogP contribution < -0.4 is 0 Å². The number of carbonyl (C=O) groups is 1. The molecule has 2 aliphatic heterocycles. The first kappa shape index (κ1) is 19.9. The van der Waals surface area contributed by atoms with Crippen LogP contribution in [0.15, 0.2) is 17.0 Å². The maximum Gasteiger partial charge on any atom is 0.311 e. The number of likely N-dealkylation sites (N-methyl/N-ethyl adjacent to an activating group) is 1. The fraction of sp³-hybridized carbons (Fsp3) is 0.588. The maximum absolute atomic E-state index is 13.2. The van der Waals surface area contributed by atoms with Gasteiger partial charge in [0.2, 0.25) is 10.0 Å². The minimum absolute atomic E-state index is 0.0161. The lowest BCUT2D eigenvalue weighted by molar-refractivity contribution is -0.160. The van der Waals surface area contributed by atoms with E-state index in [-0.39, 0.29) is 29.0 Å². The summed E-state index contributed by atoms with van der Waals surface area (Å²) in [7, 11) is -1.98. The van der Waals surface area contributed by atoms with Gasteiger partial charge in [0.05, 0.1) is 10.4 Å². The van der Waals surface area contributed by atoms with E-state index in [4.69, 9.17) is 23.2 Å². The van der Waals surface area contributed by atoms with Crippen LogP contribution in [0.5, 0.6) is 0 Å². The molecule has 0 bridgehead atoms. The number of halogens is 2. The Kier molecular flexibility index (Phi) is 5.31. The van der Waals surface area contributed by atoms with Crippen molar-refractivity contribution in [2.45, 2.75) is 37.1 Å². The smallest absolute Gasteiger partial charge is 0.311 e. The fourth-order valence-corrected chi connectivity index (χ4v) is 6.38. The highest BCUT2D eigenvalue weighted by Crippen LogP contribution is 2.44. The second-order valence-corrected chi connectivity index (χ2v) is 9.85. The van der Waals surface area contributed by atoms with E-state index in [1.807, 2.05) is 11.9 Å². The molecular weight excluding hydrogens is 399 g/mol. The molecule has 0 spiro atoms. The van der Waals surface area contributed by atoms with Gasteiger partial charge in [-0.05, 0) is 57.5 Å². The molecule has 26 heavy (non-hydrogen) atoms. The van der Waals surface area contributed by atoms with Gasteiger partial charge in [-0.15, -0.1) is 0 Å². The minimum atomic E-state index is -3.84. The van der Waals surface area contributed by atoms with Crippen LogP contribution in [0, 0.1) is 12.3 Å². The summed E-state index contributed by atoms with van der Waals surface area (Å²) < 4.78 is 27.7. The molecule has 0 saturated carbocycles. The van der Waals surface area contributed by atoms with Crippen molar-refractivity contribution in [2.24, 2.45) is 5.41 Å². The summed E-state index contributed by atoms with van der Waals surface area (Å²) >= 11 is 12.3. The van der Waals surface area contributed by atoms with Gasteiger partial charge in [0, 0.05) is 24.2 Å². The lowest BCUT2D eigenvalue weighted by Gasteiger charge is -2.51. The van der Waals surface area contributed by atoms with Crippen LogP contribution in [0.2, 0.25) is 10.0 Å². The van der Waals surface area contributed by atoms with E-state index in [0.717, 1.165) is 13.0 Å². The number of fused-ring (bicyclic) bond motifs is 1. The molecule has 144 valence electrons. The van der Waals surface area contributed by atoms with Gasteiger partial charge in [-0.3, -0.25) is 4.79 Å². The third-order valence-electron chi connectivity index (χ3n) is 5.82. The molecule has 2 saturated heterocycles. The summed E-state index contributed by atoms with van der Waals surface area (Å²) in [6.45, 7) is 2.73. The molecule has 1 aromatic rings. The van der Waals surface area contributed by atoms with Crippen molar-refractivity contribution in [2.75, 3.05) is 26.7 Å². The summed E-state index contributed by atoms with van der Waals surface area (Å²) in [5.74, 6) is -0.841. The highest BCUT2D eigenvalue weighted by molar-refractivity contribution is 7.89. The predicted molar refractivity (Wildman–Crippen MR) is 100 cm³/mol. The van der Waals surface area contributed by atoms with Crippen molar-refractivity contribution in [3.05, 3.63) is 27.7 Å². The van der Waals surface area contributed by atoms with Crippen molar-refractivity contribution in [3.63, 3.8) is 0 Å². The summed E-state index contributed by atoms with van der Waals surface area (Å²) in [5, 5.41) is 10.4. The van der Waals surface area contributed by atoms with Crippen molar-refractivity contribution in [1.82, 2.24) is 9.21 Å². The average molecular weight is 421 g/mol. The summed E-state index contributed by atoms with van der Waals surface area (Å²) in [5.41, 5.74) is -0.375. The third-order valence-corrected chi connectivity index (χ3v) is 8.73. The Balaban J connectivity index is 1.97. The molecule has 2 heterocycles. The van der Waals surface area contributed by atoms with Gasteiger partial charge in [-0.1, -0.05) is 23.2 Å². The number of benzene rings is 1. The van der Waals surface area contributed by atoms with Crippen LogP contribution in [0.4, 0.5) is 0 Å². The molecule has 0 unspecified atom stereocenters. The molecule has 2 fully saturated rings. The second-order valence-electron chi connectivity index (χ2n) is 7.16. The van der Waals surface area contributed by atoms with Crippen molar-refractivity contribution in [3.8, 4) is 0 Å². The maximum atomic E-state index is 13.2. The number of likely N-dealkylation sites (tertiary alicyclic amines) is 1. The van der Waals surface area contributed by atoms with Crippen LogP contribution in [-0.2, 0) is 14.8 Å². The quantitative estimate of drug-likeness (QED) is 0.812. The van der Waals surface area contributed by atoms with Crippen LogP contribution in [0.25, 0.3) is 0 Å². The highest BCUT2D eigenvalue weighted by atomic mass is 35.5. The topological polar surface area (TPSA) is 77.9 Å². The Morgan fingerprint density at radius 2 is 1.96 bits per heavy atom. The number of nitrogens with zero attached hydrogens (tertiary/aromatic N) is 2. The molecule has 0 amide bonds. The first-order valence-electron chi connectivity index (χ1n) is 8.49. The normalized spacial score (nSPS) is 27.9. The third kappa shape index (κ3) is 3.03. The molecule has 1 N–H and O–H groups in total. The molecule has 9 heteroatoms. The fourth-order valence-electron chi connectivity index (χ4n) is 4.15. The lowest BCUT2D eigenvalue weighted by atomic mass is 9.69. The Labute approximate surface area is 163 Å². The minimum Gasteiger partial charge on any atom is -0.481 e. The summed E-state index contributed by atoms with van der Waals surface area (Å²) in [6.07, 6.45) is 1.67. The Morgan fingerprint density at radius 1 is 1.27 bits per heavy atom. The number of hydrogen-bond donors (Lipinski definition) is 1. The molecule has 2 atom stereocenters. The Hall–Kier alpha value is -0.860. The predicted octanol–water partition coefficient (Wildman–Crippen LogP) is 2.86. The van der Waals surface area contributed by atoms with E-state index in [1.165, 1.54) is 16.4 Å². The standard InChI is InChI=1S/C17H22Cl2N2O4S/c1-11-12(18)4-5-13(15(11)19)26(24,25)21-9-7-17(16(22)23)6-3-8-20(2)14(17)10-21/h4-5,14H,3,6-10H2,1-2H3,(H,22,23)/t14-,17+/m1/s1. The van der Waals surface area contributed by atoms with E-state index in [9.17, 15) is 18.3 Å². The van der Waals surface area contributed by atoms with Gasteiger partial charge in [0.25, 0.3) is 0 Å². The number of carboxylic acid groups (broad SMARTS) is 1. The van der Waals surface area contributed by atoms with E-state index in [0.29, 0.717) is 23.4 Å². The van der Waals surface area contributed by atoms with Crippen LogP contribution >= 0.6 is 23.2 Å². The van der Waals surface area contributed by atoms with Gasteiger partial charge in [-0.2, -0.15) is 4.31 Å². The zero-order valence-electron chi connectivity index (χ0n) is 14.7. The monoisotopic (exact) mass is 420 g/mol. The van der Waals surface area contributed by atoms with E-state index >= 15 is 0 Å². The molecule has 1 aromatic carbocycles. The van der Waals surface area contributed by atoms with Crippen LogP contribution in [-0.4, -0.2) is 61.4 Å². The first-order valence-corrected chi connectivity index (χ1v) is 10.7. The van der Waals surface area contributed by atoms with Crippen molar-refractivity contribution < 1.29 is 18.3 Å². The Bertz CT molecular complexity index is 845. The number of sulfonamides is 1. The molecule has 6 nitrogen and oxygen atoms in total. The van der Waals surface area contributed by atoms with Gasteiger partial charge in [-0.25, -0.2) is 8.42 Å². The van der Waals surface area contributed by atoms with E-state index in [2.05, 4.69) is 0 Å². The summed E-state index contributed by atoms with van der Waals surface area (Å²) in [4.78, 5) is 14.0. The lowest BCUT2D eigenvalue weighted by Crippen LogP contribution is -2.63. The average Bonchev–Trinajstić information content (AvgIpc) is 2.59. The molecule has 3 rings (SSSR count). The number of hydrogen-bond acceptors (Lipinski definition) is 4. The first-order chi connectivity index (χ1) is 12.1. The molecule has 2 aliphatic rings. The highest BCUT2D eigenvalue weighted by Gasteiger charge is 2.53. The van der Waals surface area contributed by atoms with Gasteiger partial charge < -0.3 is 10.0 Å². The zero-order valence-corrected chi connectivity index (χ0v) is 17.0. The zero-order chi connectivity index (χ0) is 19.3. The number of aliphatic carboxylic acids is 1. The summed E-state index contributed by atoms with van der Waals surface area (Å²) in [6, 6.07) is 2.58. The van der Waals surface area contributed by atoms with Gasteiger partial charge in [0.1, 0.15) is 4.90 Å². The number of rotatable bonds is 3. The van der Waals surface area contributed by atoms with Crippen LogP contribution in [0.1, 0.15) is 24.8 Å². The SMILES string of the molecule is Cc1c(Cl)ccc(S(=O)(=O)N2CC[C@@]3(C(=O)O)CCCN(C)[C@@H]3C2)c1Cl. The number of piperidine rings is 2. The van der Waals surface area contributed by atoms with Crippen LogP contribution in [0.3, 0.4) is 0 Å². The van der Waals surface area contributed by atoms with E-state index < -0.39 is 21.4 Å². The van der Waals surface area contributed by atoms with Crippen molar-refractivity contribution in [1.29, 1.82) is 0 Å². The van der Waals surface area contributed by atoms with Gasteiger partial charge in [0.15, 0.2) is 0 Å². The second kappa shape index (κ2) is 6.95. The van der Waals surface area contributed by atoms with Crippen molar-refractivity contribution >= 4 is 39.2 Å². The molecule has 0 aromatic heterocycles. The molecule has 0 aliphatic carbocycles.